The van der Waals surface area contributed by atoms with Crippen LogP contribution in [0.2, 0.25) is 5.02 Å². The van der Waals surface area contributed by atoms with Crippen LogP contribution in [0.4, 0.5) is 17.3 Å². The Hall–Kier alpha value is -2.27. The summed E-state index contributed by atoms with van der Waals surface area (Å²) in [5.41, 5.74) is 2.33. The first kappa shape index (κ1) is 18.5. The van der Waals surface area contributed by atoms with Crippen LogP contribution in [0.15, 0.2) is 35.9 Å². The van der Waals surface area contributed by atoms with Crippen molar-refractivity contribution in [3.05, 3.63) is 46.8 Å². The van der Waals surface area contributed by atoms with Gasteiger partial charge in [-0.3, -0.25) is 0 Å². The van der Waals surface area contributed by atoms with E-state index in [0.717, 1.165) is 24.5 Å². The first-order valence-electron chi connectivity index (χ1n) is 9.02. The number of methoxy groups -OCH3 is 1. The monoisotopic (exact) mass is 372 g/mol. The molecule has 6 heteroatoms. The number of aryl methyl sites for hydroxylation is 1. The van der Waals surface area contributed by atoms with E-state index in [1.54, 1.807) is 18.7 Å². The van der Waals surface area contributed by atoms with Crippen LogP contribution in [0.3, 0.4) is 0 Å². The standard InChI is InChI=1S/C20H25ClN4O/c1-14-23-19(22-11-10-15-6-4-3-5-7-15)13-20(24-14)25-17-12-16(21)8-9-18(17)26-2/h6,8-9,12-13H,3-5,7,10-11H2,1-2H3,(H2,22,23,24,25). The summed E-state index contributed by atoms with van der Waals surface area (Å²) >= 11 is 6.10. The summed E-state index contributed by atoms with van der Waals surface area (Å²) in [5.74, 6) is 2.94. The molecule has 1 aromatic heterocycles. The molecule has 1 aromatic carbocycles. The van der Waals surface area contributed by atoms with E-state index in [4.69, 9.17) is 16.3 Å². The molecule has 2 aromatic rings. The highest BCUT2D eigenvalue weighted by molar-refractivity contribution is 6.31. The fourth-order valence-corrected chi connectivity index (χ4v) is 3.29. The zero-order valence-corrected chi connectivity index (χ0v) is 16.1. The maximum atomic E-state index is 6.10. The molecule has 1 aliphatic carbocycles. The van der Waals surface area contributed by atoms with Crippen LogP contribution >= 0.6 is 11.6 Å². The summed E-state index contributed by atoms with van der Waals surface area (Å²) in [5, 5.41) is 7.32. The quantitative estimate of drug-likeness (QED) is 0.629. The second-order valence-corrected chi connectivity index (χ2v) is 6.88. The predicted octanol–water partition coefficient (Wildman–Crippen LogP) is 5.49. The molecule has 0 spiro atoms. The highest BCUT2D eigenvalue weighted by atomic mass is 35.5. The third kappa shape index (κ3) is 5.11. The number of nitrogens with one attached hydrogen (secondary N) is 2. The molecule has 26 heavy (non-hydrogen) atoms. The number of ether oxygens (including phenoxy) is 1. The Morgan fingerprint density at radius 3 is 2.77 bits per heavy atom. The van der Waals surface area contributed by atoms with E-state index >= 15 is 0 Å². The summed E-state index contributed by atoms with van der Waals surface area (Å²) in [6, 6.07) is 7.35. The number of aromatic nitrogens is 2. The van der Waals surface area contributed by atoms with Gasteiger partial charge in [-0.05, 0) is 57.2 Å². The molecule has 0 saturated carbocycles. The first-order valence-corrected chi connectivity index (χ1v) is 9.40. The van der Waals surface area contributed by atoms with Crippen LogP contribution in [-0.2, 0) is 0 Å². The molecule has 1 aliphatic rings. The molecule has 0 bridgehead atoms. The molecular weight excluding hydrogens is 348 g/mol. The molecule has 0 unspecified atom stereocenters. The molecule has 0 saturated heterocycles. The summed E-state index contributed by atoms with van der Waals surface area (Å²) in [6.07, 6.45) is 8.53. The first-order chi connectivity index (χ1) is 12.6. The highest BCUT2D eigenvalue weighted by Crippen LogP contribution is 2.30. The lowest BCUT2D eigenvalue weighted by Gasteiger charge is -2.14. The van der Waals surface area contributed by atoms with Gasteiger partial charge in [-0.2, -0.15) is 0 Å². The molecular formula is C20H25ClN4O. The van der Waals surface area contributed by atoms with Gasteiger partial charge in [-0.15, -0.1) is 0 Å². The summed E-state index contributed by atoms with van der Waals surface area (Å²) in [7, 11) is 1.63. The third-order valence-electron chi connectivity index (χ3n) is 4.40. The van der Waals surface area contributed by atoms with Gasteiger partial charge < -0.3 is 15.4 Å². The van der Waals surface area contributed by atoms with Gasteiger partial charge in [-0.1, -0.05) is 23.3 Å². The molecule has 0 aliphatic heterocycles. The Morgan fingerprint density at radius 1 is 1.15 bits per heavy atom. The van der Waals surface area contributed by atoms with Gasteiger partial charge in [0, 0.05) is 17.6 Å². The molecule has 2 N–H and O–H groups in total. The van der Waals surface area contributed by atoms with Gasteiger partial charge >= 0.3 is 0 Å². The zero-order chi connectivity index (χ0) is 18.4. The van der Waals surface area contributed by atoms with Crippen molar-refractivity contribution in [3.8, 4) is 5.75 Å². The number of benzene rings is 1. The number of halogens is 1. The van der Waals surface area contributed by atoms with Gasteiger partial charge in [0.2, 0.25) is 0 Å². The lowest BCUT2D eigenvalue weighted by atomic mass is 9.97. The predicted molar refractivity (Wildman–Crippen MR) is 108 cm³/mol. The summed E-state index contributed by atoms with van der Waals surface area (Å²) in [4.78, 5) is 8.94. The van der Waals surface area contributed by atoms with Crippen LogP contribution < -0.4 is 15.4 Å². The SMILES string of the molecule is COc1ccc(Cl)cc1Nc1cc(NCCC2=CCCCC2)nc(C)n1. The molecule has 5 nitrogen and oxygen atoms in total. The Bertz CT molecular complexity index is 791. The smallest absolute Gasteiger partial charge is 0.142 e. The lowest BCUT2D eigenvalue weighted by molar-refractivity contribution is 0.417. The van der Waals surface area contributed by atoms with E-state index in [1.165, 1.54) is 25.7 Å². The van der Waals surface area contributed by atoms with E-state index in [9.17, 15) is 0 Å². The van der Waals surface area contributed by atoms with Crippen molar-refractivity contribution in [3.63, 3.8) is 0 Å². The van der Waals surface area contributed by atoms with Crippen molar-refractivity contribution in [2.75, 3.05) is 24.3 Å². The van der Waals surface area contributed by atoms with Gasteiger partial charge in [0.15, 0.2) is 0 Å². The van der Waals surface area contributed by atoms with Crippen molar-refractivity contribution in [1.82, 2.24) is 9.97 Å². The Kier molecular flexibility index (Phi) is 6.34. The largest absolute Gasteiger partial charge is 0.495 e. The van der Waals surface area contributed by atoms with Crippen molar-refractivity contribution in [1.29, 1.82) is 0 Å². The second kappa shape index (κ2) is 8.90. The zero-order valence-electron chi connectivity index (χ0n) is 15.3. The van der Waals surface area contributed by atoms with Gasteiger partial charge in [-0.25, -0.2) is 9.97 Å². The van der Waals surface area contributed by atoms with Crippen molar-refractivity contribution in [2.24, 2.45) is 0 Å². The number of nitrogens with zero attached hydrogens (tertiary/aromatic N) is 2. The van der Waals surface area contributed by atoms with E-state index in [0.29, 0.717) is 22.4 Å². The summed E-state index contributed by atoms with van der Waals surface area (Å²) < 4.78 is 5.38. The van der Waals surface area contributed by atoms with Crippen molar-refractivity contribution < 1.29 is 4.74 Å². The van der Waals surface area contributed by atoms with Gasteiger partial charge in [0.1, 0.15) is 23.2 Å². The average Bonchev–Trinajstić information content (AvgIpc) is 2.62. The van der Waals surface area contributed by atoms with Gasteiger partial charge in [0.05, 0.1) is 12.8 Å². The van der Waals surface area contributed by atoms with Crippen LogP contribution in [0.25, 0.3) is 0 Å². The van der Waals surface area contributed by atoms with Crippen molar-refractivity contribution >= 4 is 28.9 Å². The number of hydrogen-bond donors (Lipinski definition) is 2. The topological polar surface area (TPSA) is 59.1 Å². The normalized spacial score (nSPS) is 13.9. The Balaban J connectivity index is 1.67. The minimum Gasteiger partial charge on any atom is -0.495 e. The lowest BCUT2D eigenvalue weighted by Crippen LogP contribution is -2.08. The molecule has 3 rings (SSSR count). The number of hydrogen-bond acceptors (Lipinski definition) is 5. The molecule has 0 radical (unpaired) electrons. The van der Waals surface area contributed by atoms with E-state index in [1.807, 2.05) is 25.1 Å². The van der Waals surface area contributed by atoms with Crippen LogP contribution in [0.5, 0.6) is 5.75 Å². The minimum absolute atomic E-state index is 0.637. The molecule has 138 valence electrons. The fraction of sp³-hybridized carbons (Fsp3) is 0.400. The van der Waals surface area contributed by atoms with E-state index in [-0.39, 0.29) is 0 Å². The molecule has 0 amide bonds. The summed E-state index contributed by atoms with van der Waals surface area (Å²) in [6.45, 7) is 2.76. The maximum Gasteiger partial charge on any atom is 0.142 e. The van der Waals surface area contributed by atoms with Crippen molar-refractivity contribution in [2.45, 2.75) is 39.0 Å². The fourth-order valence-electron chi connectivity index (χ4n) is 3.12. The highest BCUT2D eigenvalue weighted by Gasteiger charge is 2.08. The minimum atomic E-state index is 0.637. The van der Waals surface area contributed by atoms with E-state index in [2.05, 4.69) is 26.7 Å². The number of anilines is 3. The molecule has 0 fully saturated rings. The second-order valence-electron chi connectivity index (χ2n) is 6.44. The van der Waals surface area contributed by atoms with Crippen LogP contribution in [-0.4, -0.2) is 23.6 Å². The Morgan fingerprint density at radius 2 is 2.00 bits per heavy atom. The van der Waals surface area contributed by atoms with E-state index < -0.39 is 0 Å². The number of rotatable bonds is 7. The molecule has 1 heterocycles. The van der Waals surface area contributed by atoms with Crippen LogP contribution in [0.1, 0.15) is 37.9 Å². The third-order valence-corrected chi connectivity index (χ3v) is 4.63. The Labute approximate surface area is 159 Å². The average molecular weight is 373 g/mol. The molecule has 0 atom stereocenters. The number of allylic oxidation sites excluding steroid dienone is 1. The van der Waals surface area contributed by atoms with Gasteiger partial charge in [0.25, 0.3) is 0 Å². The maximum absolute atomic E-state index is 6.10. The van der Waals surface area contributed by atoms with Crippen LogP contribution in [0, 0.1) is 6.92 Å².